The van der Waals surface area contributed by atoms with Gasteiger partial charge in [-0.15, -0.1) is 0 Å². The predicted molar refractivity (Wildman–Crippen MR) is 90.1 cm³/mol. The molecule has 2 nitrogen and oxygen atoms in total. The predicted octanol–water partition coefficient (Wildman–Crippen LogP) is 4.89. The van der Waals surface area contributed by atoms with Crippen molar-refractivity contribution in [3.05, 3.63) is 29.3 Å². The van der Waals surface area contributed by atoms with Crippen LogP contribution in [0.4, 0.5) is 0 Å². The normalized spacial score (nSPS) is 11.4. The van der Waals surface area contributed by atoms with Gasteiger partial charge in [-0.05, 0) is 60.8 Å². The highest BCUT2D eigenvalue weighted by atomic mass is 16.5. The van der Waals surface area contributed by atoms with Crippen LogP contribution in [0.1, 0.15) is 51.7 Å². The van der Waals surface area contributed by atoms with Gasteiger partial charge in [0.05, 0.1) is 6.61 Å². The zero-order valence-corrected chi connectivity index (χ0v) is 14.4. The topological polar surface area (TPSA) is 18.5 Å². The van der Waals surface area contributed by atoms with Crippen LogP contribution in [0.15, 0.2) is 18.2 Å². The molecule has 0 unspecified atom stereocenters. The highest BCUT2D eigenvalue weighted by Crippen LogP contribution is 2.22. The fourth-order valence-electron chi connectivity index (χ4n) is 2.25. The minimum atomic E-state index is 0.619. The average molecular weight is 292 g/mol. The molecule has 0 aliphatic heterocycles. The number of ether oxygens (including phenoxy) is 2. The first-order chi connectivity index (χ1) is 10.0. The largest absolute Gasteiger partial charge is 0.491 e. The van der Waals surface area contributed by atoms with E-state index in [4.69, 9.17) is 9.47 Å². The van der Waals surface area contributed by atoms with Gasteiger partial charge in [0.2, 0.25) is 0 Å². The molecule has 1 aromatic carbocycles. The van der Waals surface area contributed by atoms with Crippen LogP contribution in [0.3, 0.4) is 0 Å². The molecule has 0 saturated carbocycles. The van der Waals surface area contributed by atoms with E-state index in [1.165, 1.54) is 24.0 Å². The molecule has 0 amide bonds. The zero-order chi connectivity index (χ0) is 15.7. The Hall–Kier alpha value is -1.02. The van der Waals surface area contributed by atoms with Crippen molar-refractivity contribution in [1.82, 2.24) is 0 Å². The second kappa shape index (κ2) is 9.83. The van der Waals surface area contributed by atoms with E-state index in [1.54, 1.807) is 7.11 Å². The molecule has 1 aromatic rings. The van der Waals surface area contributed by atoms with Crippen molar-refractivity contribution in [2.24, 2.45) is 11.8 Å². The van der Waals surface area contributed by atoms with Crippen LogP contribution in [-0.4, -0.2) is 20.3 Å². The Morgan fingerprint density at radius 3 is 1.76 bits per heavy atom. The second-order valence-corrected chi connectivity index (χ2v) is 6.69. The summed E-state index contributed by atoms with van der Waals surface area (Å²) in [5.41, 5.74) is 2.80. The van der Waals surface area contributed by atoms with Gasteiger partial charge in [-0.3, -0.25) is 0 Å². The smallest absolute Gasteiger partial charge is 0.119 e. The summed E-state index contributed by atoms with van der Waals surface area (Å²) in [5, 5.41) is 0. The molecule has 0 aliphatic carbocycles. The Labute approximate surface area is 130 Å². The van der Waals surface area contributed by atoms with Gasteiger partial charge in [0.15, 0.2) is 0 Å². The van der Waals surface area contributed by atoms with Crippen LogP contribution in [0.5, 0.6) is 5.75 Å². The third-order valence-corrected chi connectivity index (χ3v) is 3.60. The van der Waals surface area contributed by atoms with Gasteiger partial charge in [-0.2, -0.15) is 0 Å². The van der Waals surface area contributed by atoms with Crippen LogP contribution in [0, 0.1) is 11.8 Å². The number of aryl methyl sites for hydroxylation is 2. The number of hydrogen-bond acceptors (Lipinski definition) is 2. The van der Waals surface area contributed by atoms with Crippen molar-refractivity contribution in [3.8, 4) is 5.75 Å². The first-order valence-electron chi connectivity index (χ1n) is 8.25. The van der Waals surface area contributed by atoms with Crippen molar-refractivity contribution in [2.45, 2.75) is 53.4 Å². The third-order valence-electron chi connectivity index (χ3n) is 3.60. The van der Waals surface area contributed by atoms with Crippen LogP contribution in [-0.2, 0) is 17.6 Å². The first kappa shape index (κ1) is 18.0. The highest BCUT2D eigenvalue weighted by Gasteiger charge is 2.05. The molecule has 0 aromatic heterocycles. The summed E-state index contributed by atoms with van der Waals surface area (Å²) in [6.07, 6.45) is 4.72. The lowest BCUT2D eigenvalue weighted by Gasteiger charge is -2.13. The molecule has 0 N–H and O–H groups in total. The van der Waals surface area contributed by atoms with Gasteiger partial charge in [-0.25, -0.2) is 0 Å². The monoisotopic (exact) mass is 292 g/mol. The number of benzene rings is 1. The Kier molecular flexibility index (Phi) is 8.44. The summed E-state index contributed by atoms with van der Waals surface area (Å²) in [4.78, 5) is 0. The lowest BCUT2D eigenvalue weighted by molar-refractivity contribution is 0.146. The molecule has 0 saturated heterocycles. The molecule has 120 valence electrons. The van der Waals surface area contributed by atoms with Crippen LogP contribution >= 0.6 is 0 Å². The summed E-state index contributed by atoms with van der Waals surface area (Å²) in [7, 11) is 1.70. The molecule has 21 heavy (non-hydrogen) atoms. The molecule has 0 bridgehead atoms. The summed E-state index contributed by atoms with van der Waals surface area (Å²) >= 11 is 0. The molecule has 0 atom stereocenters. The van der Waals surface area contributed by atoms with E-state index in [-0.39, 0.29) is 0 Å². The summed E-state index contributed by atoms with van der Waals surface area (Å²) in [6, 6.07) is 6.74. The number of hydrogen-bond donors (Lipinski definition) is 0. The van der Waals surface area contributed by atoms with Gasteiger partial charge in [-0.1, -0.05) is 33.8 Å². The molecule has 2 heteroatoms. The molecular formula is C19H32O2. The molecule has 1 rings (SSSR count). The fraction of sp³-hybridized carbons (Fsp3) is 0.684. The van der Waals surface area contributed by atoms with Crippen molar-refractivity contribution < 1.29 is 9.47 Å². The lowest BCUT2D eigenvalue weighted by atomic mass is 9.97. The third kappa shape index (κ3) is 8.11. The van der Waals surface area contributed by atoms with E-state index in [1.807, 2.05) is 0 Å². The van der Waals surface area contributed by atoms with E-state index < -0.39 is 0 Å². The summed E-state index contributed by atoms with van der Waals surface area (Å²) < 4.78 is 10.9. The maximum Gasteiger partial charge on any atom is 0.119 e. The lowest BCUT2D eigenvalue weighted by Crippen LogP contribution is -2.05. The standard InChI is InChI=1S/C19H32O2/c1-15(2)6-8-17-12-18(9-7-16(3)4)14-19(13-17)21-11-10-20-5/h12-16H,6-11H2,1-5H3. The van der Waals surface area contributed by atoms with Crippen molar-refractivity contribution in [2.75, 3.05) is 20.3 Å². The molecule has 0 heterocycles. The fourth-order valence-corrected chi connectivity index (χ4v) is 2.25. The Balaban J connectivity index is 2.74. The van der Waals surface area contributed by atoms with Gasteiger partial charge in [0.25, 0.3) is 0 Å². The molecule has 0 aliphatic rings. The number of methoxy groups -OCH3 is 1. The quantitative estimate of drug-likeness (QED) is 0.572. The van der Waals surface area contributed by atoms with E-state index in [2.05, 4.69) is 45.9 Å². The molecular weight excluding hydrogens is 260 g/mol. The van der Waals surface area contributed by atoms with E-state index >= 15 is 0 Å². The average Bonchev–Trinajstić information content (AvgIpc) is 2.43. The van der Waals surface area contributed by atoms with Gasteiger partial charge in [0, 0.05) is 7.11 Å². The van der Waals surface area contributed by atoms with Crippen molar-refractivity contribution in [3.63, 3.8) is 0 Å². The highest BCUT2D eigenvalue weighted by molar-refractivity contribution is 5.35. The summed E-state index contributed by atoms with van der Waals surface area (Å²) in [5.74, 6) is 2.47. The maximum absolute atomic E-state index is 5.82. The van der Waals surface area contributed by atoms with Gasteiger partial charge >= 0.3 is 0 Å². The van der Waals surface area contributed by atoms with Crippen LogP contribution < -0.4 is 4.74 Å². The second-order valence-electron chi connectivity index (χ2n) is 6.69. The Bertz CT molecular complexity index is 366. The first-order valence-corrected chi connectivity index (χ1v) is 8.25. The minimum Gasteiger partial charge on any atom is -0.491 e. The molecule has 0 spiro atoms. The van der Waals surface area contributed by atoms with Crippen LogP contribution in [0.25, 0.3) is 0 Å². The molecule has 0 radical (unpaired) electrons. The Morgan fingerprint density at radius 1 is 0.810 bits per heavy atom. The zero-order valence-electron chi connectivity index (χ0n) is 14.4. The van der Waals surface area contributed by atoms with E-state index in [9.17, 15) is 0 Å². The van der Waals surface area contributed by atoms with E-state index in [0.717, 1.165) is 30.4 Å². The van der Waals surface area contributed by atoms with Crippen molar-refractivity contribution >= 4 is 0 Å². The maximum atomic E-state index is 5.82. The van der Waals surface area contributed by atoms with Gasteiger partial charge in [0.1, 0.15) is 12.4 Å². The minimum absolute atomic E-state index is 0.619. The SMILES string of the molecule is COCCOc1cc(CCC(C)C)cc(CCC(C)C)c1. The van der Waals surface area contributed by atoms with Gasteiger partial charge < -0.3 is 9.47 Å². The Morgan fingerprint density at radius 2 is 1.33 bits per heavy atom. The van der Waals surface area contributed by atoms with Crippen molar-refractivity contribution in [1.29, 1.82) is 0 Å². The van der Waals surface area contributed by atoms with E-state index in [0.29, 0.717) is 13.2 Å². The van der Waals surface area contributed by atoms with Crippen LogP contribution in [0.2, 0.25) is 0 Å². The number of rotatable bonds is 10. The molecule has 0 fully saturated rings. The summed E-state index contributed by atoms with van der Waals surface area (Å²) in [6.45, 7) is 10.4.